The fraction of sp³-hybridized carbons (Fsp3) is 0.333. The molecule has 4 nitrogen and oxygen atoms in total. The molecule has 1 aliphatic heterocycles. The van der Waals surface area contributed by atoms with Crippen LogP contribution < -0.4 is 5.32 Å². The molecule has 2 rings (SSSR count). The minimum Gasteiger partial charge on any atom is -0.365 e. The first kappa shape index (κ1) is 17.0. The maximum Gasteiger partial charge on any atom is 0.454 e. The van der Waals surface area contributed by atoms with Gasteiger partial charge in [0.05, 0.1) is 0 Å². The molecule has 1 saturated heterocycles. The van der Waals surface area contributed by atoms with Crippen molar-refractivity contribution in [3.63, 3.8) is 0 Å². The molecule has 1 N–H and O–H groups in total. The molecule has 1 aromatic carbocycles. The van der Waals surface area contributed by atoms with Crippen LogP contribution in [0.3, 0.4) is 0 Å². The van der Waals surface area contributed by atoms with Crippen molar-refractivity contribution in [1.29, 1.82) is 0 Å². The molecule has 0 spiro atoms. The maximum absolute atomic E-state index is 13.1. The molecule has 0 saturated carbocycles. The van der Waals surface area contributed by atoms with Crippen LogP contribution in [0.4, 0.5) is 23.2 Å². The van der Waals surface area contributed by atoms with Crippen LogP contribution in [0.2, 0.25) is 0 Å². The van der Waals surface area contributed by atoms with Gasteiger partial charge in [0, 0.05) is 24.5 Å². The molecule has 0 aliphatic carbocycles. The zero-order chi connectivity index (χ0) is 17.0. The average molecular weight is 330 g/mol. The normalized spacial score (nSPS) is 18.4. The molecule has 1 heterocycles. The second-order valence-corrected chi connectivity index (χ2v) is 5.07. The van der Waals surface area contributed by atoms with Crippen LogP contribution in [0.5, 0.6) is 0 Å². The third-order valence-electron chi connectivity index (χ3n) is 3.39. The lowest BCUT2D eigenvalue weighted by Crippen LogP contribution is -2.36. The minimum atomic E-state index is -4.93. The molecule has 1 amide bonds. The number of allylic oxidation sites excluding steroid dienone is 1. The average Bonchev–Trinajstić information content (AvgIpc) is 2.92. The number of hydrogen-bond acceptors (Lipinski definition) is 3. The van der Waals surface area contributed by atoms with Crippen LogP contribution in [0.25, 0.3) is 0 Å². The number of likely N-dealkylation sites (tertiary alicyclic amines) is 1. The molecule has 0 unspecified atom stereocenters. The zero-order valence-electron chi connectivity index (χ0n) is 11.9. The number of anilines is 1. The van der Waals surface area contributed by atoms with Crippen molar-refractivity contribution >= 4 is 17.4 Å². The Kier molecular flexibility index (Phi) is 5.02. The van der Waals surface area contributed by atoms with Gasteiger partial charge >= 0.3 is 6.18 Å². The fourth-order valence-electron chi connectivity index (χ4n) is 2.30. The van der Waals surface area contributed by atoms with Crippen LogP contribution >= 0.6 is 0 Å². The number of rotatable bonds is 4. The van der Waals surface area contributed by atoms with E-state index in [0.29, 0.717) is 25.5 Å². The number of benzene rings is 1. The van der Waals surface area contributed by atoms with E-state index in [2.05, 4.69) is 5.32 Å². The summed E-state index contributed by atoms with van der Waals surface area (Å²) in [5.74, 6) is -2.95. The van der Waals surface area contributed by atoms with Gasteiger partial charge < -0.3 is 10.2 Å². The number of hydrogen-bond donors (Lipinski definition) is 1. The number of nitrogens with one attached hydrogen (secondary N) is 1. The first-order valence-electron chi connectivity index (χ1n) is 6.89. The molecule has 0 bridgehead atoms. The summed E-state index contributed by atoms with van der Waals surface area (Å²) in [6.45, 7) is 0.364. The first-order valence-corrected chi connectivity index (χ1v) is 6.89. The number of carbonyl (C=O) groups is 2. The van der Waals surface area contributed by atoms with Gasteiger partial charge in [0.15, 0.2) is 0 Å². The molecule has 23 heavy (non-hydrogen) atoms. The number of amides is 1. The summed E-state index contributed by atoms with van der Waals surface area (Å²) < 4.78 is 49.6. The Bertz CT molecular complexity index is 628. The zero-order valence-corrected chi connectivity index (χ0v) is 11.9. The third kappa shape index (κ3) is 4.54. The molecule has 1 aromatic rings. The first-order chi connectivity index (χ1) is 10.8. The molecule has 0 radical (unpaired) electrons. The quantitative estimate of drug-likeness (QED) is 0.682. The van der Waals surface area contributed by atoms with Crippen LogP contribution in [-0.2, 0) is 9.59 Å². The number of ketones is 1. The summed E-state index contributed by atoms with van der Waals surface area (Å²) in [6.07, 6.45) is -2.50. The van der Waals surface area contributed by atoms with Crippen molar-refractivity contribution in [3.05, 3.63) is 42.4 Å². The SMILES string of the molecule is O=C(Nc1cccc(F)c1)[C@@H]1CCCN1/C=C/C(=O)C(F)(F)F. The van der Waals surface area contributed by atoms with Crippen molar-refractivity contribution < 1.29 is 27.2 Å². The fourth-order valence-corrected chi connectivity index (χ4v) is 2.30. The Morgan fingerprint density at radius 3 is 2.70 bits per heavy atom. The molecule has 0 aromatic heterocycles. The monoisotopic (exact) mass is 330 g/mol. The predicted octanol–water partition coefficient (Wildman–Crippen LogP) is 2.87. The van der Waals surface area contributed by atoms with E-state index in [1.54, 1.807) is 0 Å². The number of nitrogens with zero attached hydrogens (tertiary/aromatic N) is 1. The van der Waals surface area contributed by atoms with E-state index in [-0.39, 0.29) is 5.69 Å². The standard InChI is InChI=1S/C15H14F4N2O2/c16-10-3-1-4-11(9-10)20-14(23)12-5-2-7-21(12)8-6-13(22)15(17,18)19/h1,3-4,6,8-9,12H,2,5,7H2,(H,20,23)/b8-6+/t12-/m0/s1. The van der Waals surface area contributed by atoms with Crippen molar-refractivity contribution in [2.75, 3.05) is 11.9 Å². The lowest BCUT2D eigenvalue weighted by atomic mass is 10.2. The highest BCUT2D eigenvalue weighted by molar-refractivity contribution is 5.96. The van der Waals surface area contributed by atoms with Gasteiger partial charge in [-0.05, 0) is 31.0 Å². The predicted molar refractivity (Wildman–Crippen MR) is 75.0 cm³/mol. The van der Waals surface area contributed by atoms with Crippen molar-refractivity contribution in [3.8, 4) is 0 Å². The Morgan fingerprint density at radius 1 is 1.30 bits per heavy atom. The Balaban J connectivity index is 2.02. The molecule has 8 heteroatoms. The van der Waals surface area contributed by atoms with Crippen LogP contribution in [0.1, 0.15) is 12.8 Å². The van der Waals surface area contributed by atoms with E-state index in [4.69, 9.17) is 0 Å². The Morgan fingerprint density at radius 2 is 2.04 bits per heavy atom. The highest BCUT2D eigenvalue weighted by Crippen LogP contribution is 2.21. The van der Waals surface area contributed by atoms with Crippen LogP contribution in [0.15, 0.2) is 36.5 Å². The second-order valence-electron chi connectivity index (χ2n) is 5.07. The maximum atomic E-state index is 13.1. The molecular formula is C15H14F4N2O2. The number of carbonyl (C=O) groups excluding carboxylic acids is 2. The van der Waals surface area contributed by atoms with Gasteiger partial charge in [-0.1, -0.05) is 6.07 Å². The van der Waals surface area contributed by atoms with Gasteiger partial charge in [0.25, 0.3) is 5.78 Å². The number of alkyl halides is 3. The van der Waals surface area contributed by atoms with Gasteiger partial charge in [-0.15, -0.1) is 0 Å². The topological polar surface area (TPSA) is 49.4 Å². The van der Waals surface area contributed by atoms with E-state index in [9.17, 15) is 27.2 Å². The minimum absolute atomic E-state index is 0.261. The summed E-state index contributed by atoms with van der Waals surface area (Å²) in [4.78, 5) is 24.4. The third-order valence-corrected chi connectivity index (χ3v) is 3.39. The largest absolute Gasteiger partial charge is 0.454 e. The van der Waals surface area contributed by atoms with Crippen molar-refractivity contribution in [2.24, 2.45) is 0 Å². The van der Waals surface area contributed by atoms with E-state index in [1.165, 1.54) is 23.1 Å². The van der Waals surface area contributed by atoms with Gasteiger partial charge in [-0.25, -0.2) is 4.39 Å². The lowest BCUT2D eigenvalue weighted by molar-refractivity contribution is -0.165. The Labute approximate surface area is 129 Å². The lowest BCUT2D eigenvalue weighted by Gasteiger charge is -2.22. The summed E-state index contributed by atoms with van der Waals surface area (Å²) in [5.41, 5.74) is 0.261. The van der Waals surface area contributed by atoms with Gasteiger partial charge in [-0.2, -0.15) is 13.2 Å². The summed E-state index contributed by atoms with van der Waals surface area (Å²) in [6, 6.07) is 4.60. The van der Waals surface area contributed by atoms with Gasteiger partial charge in [0.2, 0.25) is 5.91 Å². The summed E-state index contributed by atoms with van der Waals surface area (Å²) in [7, 11) is 0. The molecule has 124 valence electrons. The summed E-state index contributed by atoms with van der Waals surface area (Å²) >= 11 is 0. The molecule has 1 atom stereocenters. The van der Waals surface area contributed by atoms with Gasteiger partial charge in [0.1, 0.15) is 11.9 Å². The van der Waals surface area contributed by atoms with E-state index in [0.717, 1.165) is 12.3 Å². The van der Waals surface area contributed by atoms with E-state index >= 15 is 0 Å². The molecule has 1 aliphatic rings. The van der Waals surface area contributed by atoms with Crippen LogP contribution in [0, 0.1) is 5.82 Å². The summed E-state index contributed by atoms with van der Waals surface area (Å²) in [5, 5.41) is 2.51. The van der Waals surface area contributed by atoms with E-state index in [1.807, 2.05) is 0 Å². The van der Waals surface area contributed by atoms with Crippen molar-refractivity contribution in [1.82, 2.24) is 4.90 Å². The molecular weight excluding hydrogens is 316 g/mol. The Hall–Kier alpha value is -2.38. The van der Waals surface area contributed by atoms with Crippen molar-refractivity contribution in [2.45, 2.75) is 25.1 Å². The number of halogens is 4. The second kappa shape index (κ2) is 6.80. The van der Waals surface area contributed by atoms with Gasteiger partial charge in [-0.3, -0.25) is 9.59 Å². The highest BCUT2D eigenvalue weighted by Gasteiger charge is 2.37. The smallest absolute Gasteiger partial charge is 0.365 e. The molecule has 1 fully saturated rings. The van der Waals surface area contributed by atoms with Crippen LogP contribution in [-0.4, -0.2) is 35.4 Å². The van der Waals surface area contributed by atoms with E-state index < -0.39 is 29.7 Å². The highest BCUT2D eigenvalue weighted by atomic mass is 19.4.